The van der Waals surface area contributed by atoms with Crippen LogP contribution in [0.25, 0.3) is 0 Å². The molecule has 0 saturated carbocycles. The Bertz CT molecular complexity index is 591. The highest BCUT2D eigenvalue weighted by Gasteiger charge is 2.14. The lowest BCUT2D eigenvalue weighted by molar-refractivity contribution is 0.397. The van der Waals surface area contributed by atoms with Crippen LogP contribution in [0.1, 0.15) is 31.1 Å². The van der Waals surface area contributed by atoms with Gasteiger partial charge in [-0.2, -0.15) is 5.10 Å². The van der Waals surface area contributed by atoms with Crippen molar-refractivity contribution in [2.45, 2.75) is 33.4 Å². The summed E-state index contributed by atoms with van der Waals surface area (Å²) in [5, 5.41) is 7.79. The van der Waals surface area contributed by atoms with Gasteiger partial charge in [0, 0.05) is 24.8 Å². The molecule has 0 aliphatic carbocycles. The number of pyridine rings is 1. The minimum Gasteiger partial charge on any atom is -0.481 e. The molecule has 6 heteroatoms. The highest BCUT2D eigenvalue weighted by atomic mass is 16.5. The molecule has 3 N–H and O–H groups in total. The van der Waals surface area contributed by atoms with E-state index in [2.05, 4.69) is 29.2 Å². The number of anilines is 2. The van der Waals surface area contributed by atoms with Gasteiger partial charge < -0.3 is 15.8 Å². The number of nitrogens with one attached hydrogen (secondary N) is 1. The van der Waals surface area contributed by atoms with E-state index in [1.807, 2.05) is 23.7 Å². The summed E-state index contributed by atoms with van der Waals surface area (Å²) < 4.78 is 7.02. The van der Waals surface area contributed by atoms with Crippen LogP contribution in [0.2, 0.25) is 0 Å². The number of methoxy groups -OCH3 is 1. The van der Waals surface area contributed by atoms with E-state index in [-0.39, 0.29) is 6.04 Å². The van der Waals surface area contributed by atoms with Gasteiger partial charge in [-0.15, -0.1) is 0 Å². The molecule has 20 heavy (non-hydrogen) atoms. The van der Waals surface area contributed by atoms with Gasteiger partial charge in [0.1, 0.15) is 5.82 Å². The van der Waals surface area contributed by atoms with Crippen molar-refractivity contribution in [3.63, 3.8) is 0 Å². The molecule has 0 spiro atoms. The van der Waals surface area contributed by atoms with Crippen molar-refractivity contribution >= 4 is 11.5 Å². The molecule has 0 fully saturated rings. The first-order valence-corrected chi connectivity index (χ1v) is 6.60. The molecule has 0 aromatic carbocycles. The molecule has 0 amide bonds. The summed E-state index contributed by atoms with van der Waals surface area (Å²) in [4.78, 5) is 4.09. The lowest BCUT2D eigenvalue weighted by Crippen LogP contribution is -2.11. The van der Waals surface area contributed by atoms with E-state index in [9.17, 15) is 0 Å². The predicted molar refractivity (Wildman–Crippen MR) is 79.9 cm³/mol. The maximum Gasteiger partial charge on any atom is 0.213 e. The first kappa shape index (κ1) is 14.2. The second-order valence-electron chi connectivity index (χ2n) is 4.95. The fourth-order valence-electron chi connectivity index (χ4n) is 1.97. The molecule has 0 aliphatic rings. The number of nitrogens with zero attached hydrogens (tertiary/aromatic N) is 3. The molecular weight excluding hydrogens is 254 g/mol. The second kappa shape index (κ2) is 5.81. The smallest absolute Gasteiger partial charge is 0.213 e. The molecule has 2 rings (SSSR count). The van der Waals surface area contributed by atoms with Crippen molar-refractivity contribution in [2.24, 2.45) is 0 Å². The van der Waals surface area contributed by atoms with Gasteiger partial charge in [-0.05, 0) is 32.4 Å². The maximum absolute atomic E-state index is 6.08. The minimum absolute atomic E-state index is 0.250. The fraction of sp³-hybridized carbons (Fsp3) is 0.429. The number of ether oxygens (including phenoxy) is 1. The van der Waals surface area contributed by atoms with Crippen LogP contribution >= 0.6 is 0 Å². The standard InChI is InChI=1S/C14H21N5O/c1-9(2)19-14(13(15)10(3)18-19)17-8-11-5-6-16-12(7-11)20-4/h5-7,9,17H,8,15H2,1-4H3. The van der Waals surface area contributed by atoms with E-state index >= 15 is 0 Å². The summed E-state index contributed by atoms with van der Waals surface area (Å²) in [5.41, 5.74) is 8.69. The van der Waals surface area contributed by atoms with Crippen molar-refractivity contribution < 1.29 is 4.74 Å². The Morgan fingerprint density at radius 3 is 2.85 bits per heavy atom. The third-order valence-electron chi connectivity index (χ3n) is 3.09. The summed E-state index contributed by atoms with van der Waals surface area (Å²) in [7, 11) is 1.61. The van der Waals surface area contributed by atoms with Crippen LogP contribution in [-0.2, 0) is 6.54 Å². The number of nitrogens with two attached hydrogens (primary N) is 1. The van der Waals surface area contributed by atoms with Gasteiger partial charge in [0.15, 0.2) is 0 Å². The predicted octanol–water partition coefficient (Wildman–Crippen LogP) is 2.37. The van der Waals surface area contributed by atoms with E-state index in [0.717, 1.165) is 17.1 Å². The van der Waals surface area contributed by atoms with Crippen molar-refractivity contribution in [3.05, 3.63) is 29.6 Å². The highest BCUT2D eigenvalue weighted by molar-refractivity contribution is 5.65. The van der Waals surface area contributed by atoms with Gasteiger partial charge in [-0.3, -0.25) is 0 Å². The SMILES string of the molecule is COc1cc(CNc2c(N)c(C)nn2C(C)C)ccn1. The Hall–Kier alpha value is -2.24. The summed E-state index contributed by atoms with van der Waals surface area (Å²) in [5.74, 6) is 1.46. The van der Waals surface area contributed by atoms with Crippen LogP contribution in [0, 0.1) is 6.92 Å². The fourth-order valence-corrected chi connectivity index (χ4v) is 1.97. The Balaban J connectivity index is 2.18. The summed E-state index contributed by atoms with van der Waals surface area (Å²) in [6, 6.07) is 4.08. The van der Waals surface area contributed by atoms with E-state index in [1.54, 1.807) is 13.3 Å². The van der Waals surface area contributed by atoms with E-state index in [4.69, 9.17) is 10.5 Å². The zero-order chi connectivity index (χ0) is 14.7. The molecule has 0 unspecified atom stereocenters. The van der Waals surface area contributed by atoms with Crippen molar-refractivity contribution in [2.75, 3.05) is 18.2 Å². The average molecular weight is 275 g/mol. The number of nitrogen functional groups attached to an aromatic ring is 1. The molecule has 0 saturated heterocycles. The Morgan fingerprint density at radius 1 is 1.45 bits per heavy atom. The summed E-state index contributed by atoms with van der Waals surface area (Å²) in [6.45, 7) is 6.70. The number of hydrogen-bond acceptors (Lipinski definition) is 5. The lowest BCUT2D eigenvalue weighted by Gasteiger charge is -2.13. The molecule has 6 nitrogen and oxygen atoms in total. The normalized spacial score (nSPS) is 10.8. The quantitative estimate of drug-likeness (QED) is 0.876. The van der Waals surface area contributed by atoms with Gasteiger partial charge >= 0.3 is 0 Å². The van der Waals surface area contributed by atoms with E-state index in [1.165, 1.54) is 0 Å². The first-order chi connectivity index (χ1) is 9.52. The Labute approximate surface area is 119 Å². The Kier molecular flexibility index (Phi) is 4.12. The molecule has 0 aliphatic heterocycles. The van der Waals surface area contributed by atoms with Gasteiger partial charge in [-0.1, -0.05) is 0 Å². The minimum atomic E-state index is 0.250. The highest BCUT2D eigenvalue weighted by Crippen LogP contribution is 2.26. The summed E-state index contributed by atoms with van der Waals surface area (Å²) >= 11 is 0. The zero-order valence-corrected chi connectivity index (χ0v) is 12.3. The summed E-state index contributed by atoms with van der Waals surface area (Å²) in [6.07, 6.45) is 1.73. The van der Waals surface area contributed by atoms with Crippen LogP contribution in [0.3, 0.4) is 0 Å². The van der Waals surface area contributed by atoms with Gasteiger partial charge in [0.2, 0.25) is 5.88 Å². The molecule has 2 aromatic heterocycles. The largest absolute Gasteiger partial charge is 0.481 e. The topological polar surface area (TPSA) is 78.0 Å². The zero-order valence-electron chi connectivity index (χ0n) is 12.3. The molecule has 0 atom stereocenters. The first-order valence-electron chi connectivity index (χ1n) is 6.60. The average Bonchev–Trinajstić information content (AvgIpc) is 2.73. The van der Waals surface area contributed by atoms with E-state index < -0.39 is 0 Å². The van der Waals surface area contributed by atoms with Crippen LogP contribution < -0.4 is 15.8 Å². The number of hydrogen-bond donors (Lipinski definition) is 2. The van der Waals surface area contributed by atoms with Crippen molar-refractivity contribution in [1.29, 1.82) is 0 Å². The van der Waals surface area contributed by atoms with Crippen molar-refractivity contribution in [1.82, 2.24) is 14.8 Å². The molecular formula is C14H21N5O. The van der Waals surface area contributed by atoms with Crippen LogP contribution in [-0.4, -0.2) is 21.9 Å². The number of rotatable bonds is 5. The molecule has 2 aromatic rings. The van der Waals surface area contributed by atoms with Crippen LogP contribution in [0.15, 0.2) is 18.3 Å². The van der Waals surface area contributed by atoms with Crippen molar-refractivity contribution in [3.8, 4) is 5.88 Å². The molecule has 108 valence electrons. The number of aromatic nitrogens is 3. The lowest BCUT2D eigenvalue weighted by atomic mass is 10.2. The van der Waals surface area contributed by atoms with Gasteiger partial charge in [-0.25, -0.2) is 9.67 Å². The number of aryl methyl sites for hydroxylation is 1. The molecule has 2 heterocycles. The Morgan fingerprint density at radius 2 is 2.20 bits per heavy atom. The third-order valence-corrected chi connectivity index (χ3v) is 3.09. The van der Waals surface area contributed by atoms with Crippen LogP contribution in [0.5, 0.6) is 5.88 Å². The van der Waals surface area contributed by atoms with E-state index in [0.29, 0.717) is 18.1 Å². The monoisotopic (exact) mass is 275 g/mol. The maximum atomic E-state index is 6.08. The van der Waals surface area contributed by atoms with Gasteiger partial charge in [0.05, 0.1) is 18.5 Å². The third kappa shape index (κ3) is 2.84. The second-order valence-corrected chi connectivity index (χ2v) is 4.95. The molecule has 0 bridgehead atoms. The van der Waals surface area contributed by atoms with Crippen LogP contribution in [0.4, 0.5) is 11.5 Å². The molecule has 0 radical (unpaired) electrons. The van der Waals surface area contributed by atoms with Gasteiger partial charge in [0.25, 0.3) is 0 Å².